The Morgan fingerprint density at radius 1 is 1.23 bits per heavy atom. The molecule has 2 rings (SSSR count). The predicted molar refractivity (Wildman–Crippen MR) is 82.9 cm³/mol. The monoisotopic (exact) mass is 317 g/mol. The fourth-order valence-corrected chi connectivity index (χ4v) is 2.31. The number of esters is 1. The van der Waals surface area contributed by atoms with Crippen LogP contribution < -0.4 is 5.32 Å². The van der Waals surface area contributed by atoms with Crippen molar-refractivity contribution in [1.82, 2.24) is 9.97 Å². The topological polar surface area (TPSA) is 81.2 Å². The van der Waals surface area contributed by atoms with Gasteiger partial charge in [0.15, 0.2) is 10.9 Å². The van der Waals surface area contributed by atoms with Gasteiger partial charge in [0.1, 0.15) is 0 Å². The molecular weight excluding hydrogens is 302 g/mol. The van der Waals surface area contributed by atoms with Crippen LogP contribution in [0.25, 0.3) is 0 Å². The number of anilines is 1. The van der Waals surface area contributed by atoms with Crippen LogP contribution in [0.2, 0.25) is 0 Å². The van der Waals surface area contributed by atoms with Crippen molar-refractivity contribution in [2.75, 3.05) is 12.4 Å². The predicted octanol–water partition coefficient (Wildman–Crippen LogP) is 2.76. The van der Waals surface area contributed by atoms with Gasteiger partial charge in [-0.25, -0.2) is 14.8 Å². The van der Waals surface area contributed by atoms with E-state index in [0.717, 1.165) is 10.6 Å². The van der Waals surface area contributed by atoms with Gasteiger partial charge in [0.05, 0.1) is 7.11 Å². The first-order valence-corrected chi connectivity index (χ1v) is 7.43. The average molecular weight is 317 g/mol. The van der Waals surface area contributed by atoms with Crippen LogP contribution in [0.5, 0.6) is 0 Å². The molecule has 22 heavy (non-hydrogen) atoms. The number of hydrogen-bond donors (Lipinski definition) is 1. The molecule has 0 unspecified atom stereocenters. The Bertz CT molecular complexity index is 674. The van der Waals surface area contributed by atoms with Crippen LogP contribution in [-0.4, -0.2) is 29.0 Å². The van der Waals surface area contributed by atoms with E-state index in [9.17, 15) is 9.59 Å². The number of carbonyl (C=O) groups is 2. The quantitative estimate of drug-likeness (QED) is 0.674. The Hall–Kier alpha value is -2.41. The van der Waals surface area contributed by atoms with Crippen LogP contribution in [-0.2, 0) is 9.53 Å². The zero-order chi connectivity index (χ0) is 15.9. The van der Waals surface area contributed by atoms with Gasteiger partial charge in [-0.2, -0.15) is 0 Å². The first-order valence-electron chi connectivity index (χ1n) is 6.61. The minimum Gasteiger partial charge on any atom is -0.464 e. The summed E-state index contributed by atoms with van der Waals surface area (Å²) in [6.45, 7) is 1.80. The molecule has 0 aliphatic carbocycles. The smallest absolute Gasteiger partial charge is 0.356 e. The van der Waals surface area contributed by atoms with Gasteiger partial charge in [0.2, 0.25) is 5.91 Å². The lowest BCUT2D eigenvalue weighted by Crippen LogP contribution is -2.09. The molecule has 1 aromatic heterocycles. The second-order valence-electron chi connectivity index (χ2n) is 4.24. The lowest BCUT2D eigenvalue weighted by Gasteiger charge is -2.05. The van der Waals surface area contributed by atoms with Gasteiger partial charge in [0, 0.05) is 23.2 Å². The zero-order valence-corrected chi connectivity index (χ0v) is 13.0. The summed E-state index contributed by atoms with van der Waals surface area (Å²) >= 11 is 1.32. The molecule has 0 atom stereocenters. The average Bonchev–Trinajstić information content (AvgIpc) is 2.56. The molecule has 0 aliphatic heterocycles. The van der Waals surface area contributed by atoms with Crippen molar-refractivity contribution < 1.29 is 14.3 Å². The highest BCUT2D eigenvalue weighted by Gasteiger charge is 2.09. The van der Waals surface area contributed by atoms with E-state index in [1.165, 1.54) is 31.1 Å². The normalized spacial score (nSPS) is 10.1. The van der Waals surface area contributed by atoms with Gasteiger partial charge in [-0.05, 0) is 42.1 Å². The fourth-order valence-electron chi connectivity index (χ4n) is 1.57. The van der Waals surface area contributed by atoms with Crippen LogP contribution in [0.3, 0.4) is 0 Å². The number of rotatable bonds is 5. The number of ether oxygens (including phenoxy) is 1. The van der Waals surface area contributed by atoms with Gasteiger partial charge in [-0.3, -0.25) is 4.79 Å². The molecule has 2 aromatic rings. The summed E-state index contributed by atoms with van der Waals surface area (Å²) in [6, 6.07) is 8.81. The highest BCUT2D eigenvalue weighted by atomic mass is 32.2. The Morgan fingerprint density at radius 2 is 1.95 bits per heavy atom. The van der Waals surface area contributed by atoms with E-state index in [1.807, 2.05) is 12.1 Å². The van der Waals surface area contributed by atoms with E-state index < -0.39 is 5.97 Å². The molecule has 0 saturated heterocycles. The van der Waals surface area contributed by atoms with E-state index in [0.29, 0.717) is 11.6 Å². The maximum Gasteiger partial charge on any atom is 0.356 e. The second-order valence-corrected chi connectivity index (χ2v) is 5.28. The molecule has 114 valence electrons. The van der Waals surface area contributed by atoms with Crippen molar-refractivity contribution in [3.05, 3.63) is 42.2 Å². The first-order chi connectivity index (χ1) is 10.6. The van der Waals surface area contributed by atoms with E-state index in [-0.39, 0.29) is 11.6 Å². The molecule has 0 aliphatic rings. The number of nitrogens with one attached hydrogen (secondary N) is 1. The van der Waals surface area contributed by atoms with Crippen molar-refractivity contribution >= 4 is 29.3 Å². The number of amides is 1. The maximum atomic E-state index is 11.4. The molecule has 6 nitrogen and oxygen atoms in total. The Labute approximate surface area is 132 Å². The standard InChI is InChI=1S/C15H15N3O3S/c1-3-13(19)17-10-4-6-11(7-5-10)22-15-16-9-8-12(18-15)14(20)21-2/h4-9H,3H2,1-2H3,(H,17,19). The van der Waals surface area contributed by atoms with Crippen LogP contribution in [0.15, 0.2) is 46.6 Å². The van der Waals surface area contributed by atoms with Gasteiger partial charge >= 0.3 is 5.97 Å². The minimum atomic E-state index is -0.498. The fraction of sp³-hybridized carbons (Fsp3) is 0.200. The molecule has 0 bridgehead atoms. The maximum absolute atomic E-state index is 11.4. The number of methoxy groups -OCH3 is 1. The third kappa shape index (κ3) is 4.29. The summed E-state index contributed by atoms with van der Waals surface area (Å²) < 4.78 is 4.63. The molecule has 0 fully saturated rings. The number of benzene rings is 1. The Balaban J connectivity index is 2.07. The summed E-state index contributed by atoms with van der Waals surface area (Å²) in [5.74, 6) is -0.531. The van der Waals surface area contributed by atoms with Crippen molar-refractivity contribution in [2.24, 2.45) is 0 Å². The van der Waals surface area contributed by atoms with Crippen molar-refractivity contribution in [2.45, 2.75) is 23.4 Å². The van der Waals surface area contributed by atoms with Crippen molar-refractivity contribution in [3.8, 4) is 0 Å². The summed E-state index contributed by atoms with van der Waals surface area (Å²) in [5.41, 5.74) is 0.951. The zero-order valence-electron chi connectivity index (χ0n) is 12.2. The van der Waals surface area contributed by atoms with Crippen LogP contribution in [0.1, 0.15) is 23.8 Å². The van der Waals surface area contributed by atoms with Crippen LogP contribution >= 0.6 is 11.8 Å². The molecule has 0 spiro atoms. The number of carbonyl (C=O) groups excluding carboxylic acids is 2. The summed E-state index contributed by atoms with van der Waals surface area (Å²) in [5, 5.41) is 3.23. The minimum absolute atomic E-state index is 0.0329. The Morgan fingerprint density at radius 3 is 2.59 bits per heavy atom. The van der Waals surface area contributed by atoms with Gasteiger partial charge in [0.25, 0.3) is 0 Å². The molecule has 0 radical (unpaired) electrons. The molecule has 1 N–H and O–H groups in total. The largest absolute Gasteiger partial charge is 0.464 e. The van der Waals surface area contributed by atoms with Crippen LogP contribution in [0.4, 0.5) is 5.69 Å². The van der Waals surface area contributed by atoms with Crippen molar-refractivity contribution in [3.63, 3.8) is 0 Å². The molecule has 1 aromatic carbocycles. The van der Waals surface area contributed by atoms with Crippen LogP contribution in [0, 0.1) is 0 Å². The first kappa shape index (κ1) is 16.0. The van der Waals surface area contributed by atoms with E-state index >= 15 is 0 Å². The lowest BCUT2D eigenvalue weighted by molar-refractivity contribution is -0.115. The van der Waals surface area contributed by atoms with E-state index in [4.69, 9.17) is 0 Å². The number of nitrogens with zero attached hydrogens (tertiary/aromatic N) is 2. The summed E-state index contributed by atoms with van der Waals surface area (Å²) in [7, 11) is 1.31. The Kier molecular flexibility index (Phi) is 5.48. The third-order valence-corrected chi connectivity index (χ3v) is 3.58. The molecular formula is C15H15N3O3S. The molecule has 7 heteroatoms. The summed E-state index contributed by atoms with van der Waals surface area (Å²) in [6.07, 6.45) is 1.95. The highest BCUT2D eigenvalue weighted by molar-refractivity contribution is 7.99. The molecule has 1 amide bonds. The lowest BCUT2D eigenvalue weighted by atomic mass is 10.3. The summed E-state index contributed by atoms with van der Waals surface area (Å²) in [4.78, 5) is 31.9. The van der Waals surface area contributed by atoms with E-state index in [1.54, 1.807) is 19.1 Å². The molecule has 0 saturated carbocycles. The van der Waals surface area contributed by atoms with Gasteiger partial charge in [-0.1, -0.05) is 6.92 Å². The highest BCUT2D eigenvalue weighted by Crippen LogP contribution is 2.25. The number of aromatic nitrogens is 2. The third-order valence-electron chi connectivity index (χ3n) is 2.70. The van der Waals surface area contributed by atoms with Gasteiger partial charge < -0.3 is 10.1 Å². The van der Waals surface area contributed by atoms with Crippen molar-refractivity contribution in [1.29, 1.82) is 0 Å². The number of hydrogen-bond acceptors (Lipinski definition) is 6. The van der Waals surface area contributed by atoms with Gasteiger partial charge in [-0.15, -0.1) is 0 Å². The molecule has 1 heterocycles. The SMILES string of the molecule is CCC(=O)Nc1ccc(Sc2nccc(C(=O)OC)n2)cc1. The second kappa shape index (κ2) is 7.56. The van der Waals surface area contributed by atoms with E-state index in [2.05, 4.69) is 20.0 Å².